The number of aryl methyl sites for hydroxylation is 1. The van der Waals surface area contributed by atoms with Crippen LogP contribution in [0.4, 0.5) is 0 Å². The highest BCUT2D eigenvalue weighted by atomic mass is 16.5. The van der Waals surface area contributed by atoms with Crippen molar-refractivity contribution in [3.8, 4) is 0 Å². The van der Waals surface area contributed by atoms with E-state index in [1.165, 1.54) is 47.8 Å². The van der Waals surface area contributed by atoms with Gasteiger partial charge in [0, 0.05) is 35.8 Å². The van der Waals surface area contributed by atoms with Crippen molar-refractivity contribution in [1.29, 1.82) is 0 Å². The SMILES string of the molecule is CCCCOCCNC1CCCc2c1[nH]c1ccccc21. The van der Waals surface area contributed by atoms with Crippen LogP contribution in [0.5, 0.6) is 0 Å². The van der Waals surface area contributed by atoms with Gasteiger partial charge in [0.25, 0.3) is 0 Å². The lowest BCUT2D eigenvalue weighted by Crippen LogP contribution is -2.28. The van der Waals surface area contributed by atoms with Crippen molar-refractivity contribution >= 4 is 10.9 Å². The number of benzene rings is 1. The van der Waals surface area contributed by atoms with Crippen LogP contribution in [-0.2, 0) is 11.2 Å². The number of aromatic nitrogens is 1. The standard InChI is InChI=1S/C18H26N2O/c1-2-3-12-21-13-11-19-17-10-6-8-15-14-7-4-5-9-16(14)20-18(15)17/h4-5,7,9,17,19-20H,2-3,6,8,10-13H2,1H3. The highest BCUT2D eigenvalue weighted by Crippen LogP contribution is 2.34. The van der Waals surface area contributed by atoms with Gasteiger partial charge in [0.1, 0.15) is 0 Å². The molecular weight excluding hydrogens is 260 g/mol. The highest BCUT2D eigenvalue weighted by molar-refractivity contribution is 5.85. The molecule has 1 atom stereocenters. The number of fused-ring (bicyclic) bond motifs is 3. The normalized spacial score (nSPS) is 18.0. The molecule has 3 nitrogen and oxygen atoms in total. The van der Waals surface area contributed by atoms with Crippen LogP contribution in [0.1, 0.15) is 49.9 Å². The summed E-state index contributed by atoms with van der Waals surface area (Å²) >= 11 is 0. The molecule has 2 N–H and O–H groups in total. The Morgan fingerprint density at radius 1 is 1.29 bits per heavy atom. The van der Waals surface area contributed by atoms with Gasteiger partial charge >= 0.3 is 0 Å². The molecule has 0 aliphatic heterocycles. The fourth-order valence-electron chi connectivity index (χ4n) is 3.27. The van der Waals surface area contributed by atoms with Crippen LogP contribution in [0.25, 0.3) is 10.9 Å². The topological polar surface area (TPSA) is 37.0 Å². The van der Waals surface area contributed by atoms with Crippen LogP contribution in [0.15, 0.2) is 24.3 Å². The summed E-state index contributed by atoms with van der Waals surface area (Å²) in [5, 5.41) is 5.06. The molecule has 1 aromatic carbocycles. The Bertz CT molecular complexity index is 576. The Hall–Kier alpha value is -1.32. The molecule has 0 amide bonds. The first-order valence-electron chi connectivity index (χ1n) is 8.30. The maximum Gasteiger partial charge on any atom is 0.0591 e. The summed E-state index contributed by atoms with van der Waals surface area (Å²) < 4.78 is 5.64. The second kappa shape index (κ2) is 7.10. The number of hydrogen-bond acceptors (Lipinski definition) is 2. The average molecular weight is 286 g/mol. The Balaban J connectivity index is 1.61. The first kappa shape index (κ1) is 14.6. The van der Waals surface area contributed by atoms with Crippen molar-refractivity contribution < 1.29 is 4.74 Å². The minimum absolute atomic E-state index is 0.455. The van der Waals surface area contributed by atoms with Gasteiger partial charge in [0.05, 0.1) is 6.61 Å². The monoisotopic (exact) mass is 286 g/mol. The zero-order chi connectivity index (χ0) is 14.5. The first-order chi connectivity index (χ1) is 10.4. The molecule has 21 heavy (non-hydrogen) atoms. The summed E-state index contributed by atoms with van der Waals surface area (Å²) in [5.41, 5.74) is 4.19. The fraction of sp³-hybridized carbons (Fsp3) is 0.556. The Morgan fingerprint density at radius 3 is 3.10 bits per heavy atom. The number of rotatable bonds is 7. The third kappa shape index (κ3) is 3.30. The van der Waals surface area contributed by atoms with E-state index < -0.39 is 0 Å². The summed E-state index contributed by atoms with van der Waals surface area (Å²) in [4.78, 5) is 3.62. The van der Waals surface area contributed by atoms with E-state index in [4.69, 9.17) is 4.74 Å². The fourth-order valence-corrected chi connectivity index (χ4v) is 3.27. The molecule has 0 radical (unpaired) electrons. The number of para-hydroxylation sites is 1. The van der Waals surface area contributed by atoms with Crippen LogP contribution < -0.4 is 5.32 Å². The maximum atomic E-state index is 5.64. The van der Waals surface area contributed by atoms with E-state index in [0.717, 1.165) is 26.2 Å². The van der Waals surface area contributed by atoms with Gasteiger partial charge in [-0.15, -0.1) is 0 Å². The molecule has 1 heterocycles. The van der Waals surface area contributed by atoms with Crippen LogP contribution in [0.3, 0.4) is 0 Å². The van der Waals surface area contributed by atoms with Crippen molar-refractivity contribution in [1.82, 2.24) is 10.3 Å². The van der Waals surface area contributed by atoms with Crippen LogP contribution in [-0.4, -0.2) is 24.7 Å². The van der Waals surface area contributed by atoms with Gasteiger partial charge in [0.2, 0.25) is 0 Å². The minimum Gasteiger partial charge on any atom is -0.380 e. The van der Waals surface area contributed by atoms with Crippen molar-refractivity contribution in [2.75, 3.05) is 19.8 Å². The first-order valence-corrected chi connectivity index (χ1v) is 8.30. The van der Waals surface area contributed by atoms with Crippen LogP contribution >= 0.6 is 0 Å². The highest BCUT2D eigenvalue weighted by Gasteiger charge is 2.23. The summed E-state index contributed by atoms with van der Waals surface area (Å²) in [6.45, 7) is 4.83. The number of H-pyrrole nitrogens is 1. The quantitative estimate of drug-likeness (QED) is 0.756. The van der Waals surface area contributed by atoms with E-state index in [0.29, 0.717) is 6.04 Å². The Labute approximate surface area is 127 Å². The molecule has 0 saturated carbocycles. The van der Waals surface area contributed by atoms with Gasteiger partial charge in [-0.1, -0.05) is 31.5 Å². The molecule has 1 aliphatic carbocycles. The molecule has 3 heteroatoms. The van der Waals surface area contributed by atoms with Crippen LogP contribution in [0.2, 0.25) is 0 Å². The second-order valence-corrected chi connectivity index (χ2v) is 5.93. The predicted octanol–water partition coefficient (Wildman–Crippen LogP) is 3.95. The molecule has 2 aromatic rings. The average Bonchev–Trinajstić information content (AvgIpc) is 2.90. The molecule has 3 rings (SSSR count). The van der Waals surface area contributed by atoms with Gasteiger partial charge in [0.15, 0.2) is 0 Å². The molecule has 1 aliphatic rings. The van der Waals surface area contributed by atoms with E-state index in [2.05, 4.69) is 41.5 Å². The molecular formula is C18H26N2O. The van der Waals surface area contributed by atoms with Crippen molar-refractivity contribution in [2.45, 2.75) is 45.1 Å². The smallest absolute Gasteiger partial charge is 0.0591 e. The van der Waals surface area contributed by atoms with Gasteiger partial charge in [-0.05, 0) is 37.3 Å². The van der Waals surface area contributed by atoms with Gasteiger partial charge < -0.3 is 15.0 Å². The number of ether oxygens (including phenoxy) is 1. The van der Waals surface area contributed by atoms with Gasteiger partial charge in [-0.25, -0.2) is 0 Å². The van der Waals surface area contributed by atoms with Gasteiger partial charge in [-0.3, -0.25) is 0 Å². The lowest BCUT2D eigenvalue weighted by atomic mass is 9.92. The number of hydrogen-bond donors (Lipinski definition) is 2. The molecule has 0 fully saturated rings. The molecule has 0 bridgehead atoms. The van der Waals surface area contributed by atoms with E-state index in [1.54, 1.807) is 0 Å². The lowest BCUT2D eigenvalue weighted by molar-refractivity contribution is 0.130. The third-order valence-electron chi connectivity index (χ3n) is 4.39. The van der Waals surface area contributed by atoms with Crippen molar-refractivity contribution in [3.63, 3.8) is 0 Å². The molecule has 114 valence electrons. The predicted molar refractivity (Wildman–Crippen MR) is 87.7 cm³/mol. The molecule has 0 saturated heterocycles. The third-order valence-corrected chi connectivity index (χ3v) is 4.39. The van der Waals surface area contributed by atoms with E-state index in [-0.39, 0.29) is 0 Å². The summed E-state index contributed by atoms with van der Waals surface area (Å²) in [6, 6.07) is 9.11. The summed E-state index contributed by atoms with van der Waals surface area (Å²) in [5.74, 6) is 0. The zero-order valence-corrected chi connectivity index (χ0v) is 13.0. The Kier molecular flexibility index (Phi) is 4.94. The second-order valence-electron chi connectivity index (χ2n) is 5.93. The minimum atomic E-state index is 0.455. The molecule has 1 aromatic heterocycles. The lowest BCUT2D eigenvalue weighted by Gasteiger charge is -2.24. The van der Waals surface area contributed by atoms with Crippen molar-refractivity contribution in [3.05, 3.63) is 35.5 Å². The number of unbranched alkanes of at least 4 members (excludes halogenated alkanes) is 1. The van der Waals surface area contributed by atoms with E-state index in [9.17, 15) is 0 Å². The van der Waals surface area contributed by atoms with Gasteiger partial charge in [-0.2, -0.15) is 0 Å². The van der Waals surface area contributed by atoms with Crippen LogP contribution in [0, 0.1) is 0 Å². The zero-order valence-electron chi connectivity index (χ0n) is 13.0. The van der Waals surface area contributed by atoms with E-state index >= 15 is 0 Å². The summed E-state index contributed by atoms with van der Waals surface area (Å²) in [7, 11) is 0. The maximum absolute atomic E-state index is 5.64. The van der Waals surface area contributed by atoms with E-state index in [1.807, 2.05) is 0 Å². The van der Waals surface area contributed by atoms with Crippen molar-refractivity contribution in [2.24, 2.45) is 0 Å². The molecule has 0 spiro atoms. The largest absolute Gasteiger partial charge is 0.380 e. The summed E-state index contributed by atoms with van der Waals surface area (Å²) in [6.07, 6.45) is 6.05. The number of nitrogens with one attached hydrogen (secondary N) is 2. The molecule has 1 unspecified atom stereocenters. The number of aromatic amines is 1. The Morgan fingerprint density at radius 2 is 2.19 bits per heavy atom.